The lowest BCUT2D eigenvalue weighted by atomic mass is 10.5. The molecule has 0 aliphatic carbocycles. The van der Waals surface area contributed by atoms with Crippen LogP contribution in [0.15, 0.2) is 0 Å². The molecule has 0 heterocycles. The molecule has 0 amide bonds. The Hall–Kier alpha value is -1.39. The molecular weight excluding hydrogens is 325 g/mol. The number of ether oxygens (including phenoxy) is 4. The molecule has 132 valence electrons. The quantitative estimate of drug-likeness (QED) is 0.389. The van der Waals surface area contributed by atoms with Gasteiger partial charge in [-0.1, -0.05) is 0 Å². The smallest absolute Gasteiger partial charge is 0.510 e. The Bertz CT molecular complexity index is 354. The summed E-state index contributed by atoms with van der Waals surface area (Å²) >= 11 is 0. The monoisotopic (exact) mass is 347 g/mol. The third-order valence-electron chi connectivity index (χ3n) is 1.44. The number of quaternary nitrogens is 1. The molecule has 0 rings (SSSR count). The summed E-state index contributed by atoms with van der Waals surface area (Å²) in [5.41, 5.74) is 0. The lowest BCUT2D eigenvalue weighted by Gasteiger charge is -2.21. The van der Waals surface area contributed by atoms with Crippen LogP contribution < -0.4 is 11.0 Å². The van der Waals surface area contributed by atoms with E-state index in [-0.39, 0.29) is 6.15 Å². The molecule has 22 heavy (non-hydrogen) atoms. The second-order valence-electron chi connectivity index (χ2n) is 4.06. The zero-order valence-corrected chi connectivity index (χ0v) is 14.0. The van der Waals surface area contributed by atoms with E-state index in [0.29, 0.717) is 0 Å². The predicted octanol–water partition coefficient (Wildman–Crippen LogP) is 1.90. The van der Waals surface area contributed by atoms with Crippen LogP contribution in [0.2, 0.25) is 0 Å². The predicted molar refractivity (Wildman–Crippen MR) is 70.9 cm³/mol. The van der Waals surface area contributed by atoms with E-state index in [1.54, 1.807) is 27.7 Å². The average molecular weight is 347 g/mol. The van der Waals surface area contributed by atoms with Gasteiger partial charge in [0, 0.05) is 0 Å². The van der Waals surface area contributed by atoms with E-state index in [9.17, 15) is 19.0 Å². The highest BCUT2D eigenvalue weighted by Crippen LogP contribution is 2.37. The molecule has 11 nitrogen and oxygen atoms in total. The molecule has 0 atom stereocenters. The lowest BCUT2D eigenvalue weighted by Crippen LogP contribution is -2.18. The summed E-state index contributed by atoms with van der Waals surface area (Å²) in [6, 6.07) is 0. The van der Waals surface area contributed by atoms with Crippen LogP contribution in [0.25, 0.3) is 0 Å². The average Bonchev–Trinajstić information content (AvgIpc) is 2.25. The third kappa shape index (κ3) is 13.6. The summed E-state index contributed by atoms with van der Waals surface area (Å²) in [7, 11) is -4.79. The van der Waals surface area contributed by atoms with Gasteiger partial charge in [0.15, 0.2) is 0 Å². The van der Waals surface area contributed by atoms with Crippen molar-refractivity contribution in [3.8, 4) is 0 Å². The Morgan fingerprint density at radius 3 is 1.50 bits per heavy atom. The molecule has 0 saturated carbocycles. The fourth-order valence-electron chi connectivity index (χ4n) is 0.768. The van der Waals surface area contributed by atoms with Crippen molar-refractivity contribution in [1.29, 1.82) is 0 Å². The second-order valence-corrected chi connectivity index (χ2v) is 5.47. The Morgan fingerprint density at radius 1 is 0.909 bits per heavy atom. The van der Waals surface area contributed by atoms with Gasteiger partial charge in [-0.25, -0.2) is 9.59 Å². The highest BCUT2D eigenvalue weighted by Gasteiger charge is 2.14. The minimum absolute atomic E-state index is 0. The third-order valence-corrected chi connectivity index (χ3v) is 2.28. The van der Waals surface area contributed by atoms with Crippen molar-refractivity contribution in [2.24, 2.45) is 0 Å². The van der Waals surface area contributed by atoms with Crippen LogP contribution >= 0.6 is 7.82 Å². The van der Waals surface area contributed by atoms with Crippen molar-refractivity contribution in [3.63, 3.8) is 0 Å². The minimum Gasteiger partial charge on any atom is -0.756 e. The van der Waals surface area contributed by atoms with Crippen LogP contribution in [0.1, 0.15) is 27.7 Å². The van der Waals surface area contributed by atoms with Crippen molar-refractivity contribution in [2.75, 3.05) is 13.6 Å². The van der Waals surface area contributed by atoms with Crippen molar-refractivity contribution in [2.45, 2.75) is 39.9 Å². The number of rotatable bonds is 8. The van der Waals surface area contributed by atoms with Gasteiger partial charge < -0.3 is 30.0 Å². The molecule has 0 bridgehead atoms. The van der Waals surface area contributed by atoms with Gasteiger partial charge in [-0.3, -0.25) is 13.6 Å². The van der Waals surface area contributed by atoms with Crippen LogP contribution in [0.4, 0.5) is 9.59 Å². The Labute approximate surface area is 128 Å². The van der Waals surface area contributed by atoms with Gasteiger partial charge in [-0.05, 0) is 27.7 Å². The van der Waals surface area contributed by atoms with Crippen LogP contribution in [-0.2, 0) is 32.6 Å². The summed E-state index contributed by atoms with van der Waals surface area (Å²) in [4.78, 5) is 33.0. The van der Waals surface area contributed by atoms with Crippen LogP contribution in [0.5, 0.6) is 0 Å². The van der Waals surface area contributed by atoms with Gasteiger partial charge in [0.1, 0.15) is 0 Å². The minimum atomic E-state index is -4.79. The standard InChI is InChI=1S/C10H19O10P.H3N/c1-7(2)19-9(11)15-5-17-21(13,14)18-6-16-10(12)20-8(3)4;/h7-8H,5-6H2,1-4H3,(H,13,14);1H3. The van der Waals surface area contributed by atoms with Gasteiger partial charge in [-0.2, -0.15) is 0 Å². The van der Waals surface area contributed by atoms with E-state index in [4.69, 9.17) is 0 Å². The molecule has 12 heteroatoms. The first-order chi connectivity index (χ1) is 9.62. The SMILES string of the molecule is CC(C)OC(=O)OCOP(=O)([O-])OCOC(=O)OC(C)C.[NH4+]. The molecular formula is C10H22NO10P. The van der Waals surface area contributed by atoms with Gasteiger partial charge in [0.05, 0.1) is 12.2 Å². The number of phosphoric acid groups is 1. The summed E-state index contributed by atoms with van der Waals surface area (Å²) in [5.74, 6) is 0. The Kier molecular flexibility index (Phi) is 11.7. The molecule has 0 spiro atoms. The van der Waals surface area contributed by atoms with Crippen LogP contribution in [0, 0.1) is 0 Å². The molecule has 0 fully saturated rings. The topological polar surface area (TPSA) is 166 Å². The lowest BCUT2D eigenvalue weighted by molar-refractivity contribution is -0.237. The summed E-state index contributed by atoms with van der Waals surface area (Å²) in [6.07, 6.45) is -3.04. The van der Waals surface area contributed by atoms with Crippen molar-refractivity contribution in [1.82, 2.24) is 6.15 Å². The maximum atomic E-state index is 11.2. The van der Waals surface area contributed by atoms with Crippen molar-refractivity contribution < 1.29 is 47.0 Å². The molecule has 0 saturated heterocycles. The largest absolute Gasteiger partial charge is 0.756 e. The number of phosphoric ester groups is 1. The zero-order chi connectivity index (χ0) is 16.5. The number of hydrogen-bond donors (Lipinski definition) is 1. The molecule has 0 aromatic carbocycles. The normalized spacial score (nSPS) is 10.9. The van der Waals surface area contributed by atoms with Crippen molar-refractivity contribution in [3.05, 3.63) is 0 Å². The number of carbonyl (C=O) groups excluding carboxylic acids is 2. The first-order valence-corrected chi connectivity index (χ1v) is 7.35. The molecule has 0 aliphatic rings. The highest BCUT2D eigenvalue weighted by molar-refractivity contribution is 7.45. The Morgan fingerprint density at radius 2 is 1.23 bits per heavy atom. The van der Waals surface area contributed by atoms with E-state index < -0.39 is 45.9 Å². The second kappa shape index (κ2) is 11.2. The van der Waals surface area contributed by atoms with E-state index in [1.165, 1.54) is 0 Å². The van der Waals surface area contributed by atoms with Crippen LogP contribution in [0.3, 0.4) is 0 Å². The highest BCUT2D eigenvalue weighted by atomic mass is 31.2. The van der Waals surface area contributed by atoms with Crippen molar-refractivity contribution >= 4 is 20.1 Å². The van der Waals surface area contributed by atoms with Gasteiger partial charge >= 0.3 is 12.3 Å². The van der Waals surface area contributed by atoms with Gasteiger partial charge in [-0.15, -0.1) is 0 Å². The Balaban J connectivity index is 0. The maximum absolute atomic E-state index is 11.2. The van der Waals surface area contributed by atoms with Gasteiger partial charge in [0.25, 0.3) is 7.82 Å². The molecule has 0 aromatic rings. The van der Waals surface area contributed by atoms with E-state index in [1.807, 2.05) is 0 Å². The van der Waals surface area contributed by atoms with E-state index in [2.05, 4.69) is 28.0 Å². The maximum Gasteiger partial charge on any atom is 0.510 e. The first-order valence-electron chi connectivity index (χ1n) is 5.89. The molecule has 0 aromatic heterocycles. The van der Waals surface area contributed by atoms with Gasteiger partial charge in [0.2, 0.25) is 13.6 Å². The zero-order valence-electron chi connectivity index (χ0n) is 13.1. The number of carbonyl (C=O) groups is 2. The van der Waals surface area contributed by atoms with E-state index >= 15 is 0 Å². The summed E-state index contributed by atoms with van der Waals surface area (Å²) in [6.45, 7) is 4.47. The molecule has 4 N–H and O–H groups in total. The molecule has 0 unspecified atom stereocenters. The molecule has 0 aliphatic heterocycles. The molecule has 0 radical (unpaired) electrons. The fourth-order valence-corrected chi connectivity index (χ4v) is 1.21. The fraction of sp³-hybridized carbons (Fsp3) is 0.800. The van der Waals surface area contributed by atoms with E-state index in [0.717, 1.165) is 0 Å². The summed E-state index contributed by atoms with van der Waals surface area (Å²) < 4.78 is 37.2. The first kappa shape index (κ1) is 22.9. The number of hydrogen-bond acceptors (Lipinski definition) is 10. The summed E-state index contributed by atoms with van der Waals surface area (Å²) in [5, 5.41) is 0. The van der Waals surface area contributed by atoms with Crippen LogP contribution in [-0.4, -0.2) is 38.1 Å².